The van der Waals surface area contributed by atoms with Gasteiger partial charge >= 0.3 is 0 Å². The van der Waals surface area contributed by atoms with Gasteiger partial charge < -0.3 is 34.5 Å². The van der Waals surface area contributed by atoms with Crippen molar-refractivity contribution in [1.29, 1.82) is 0 Å². The van der Waals surface area contributed by atoms with Gasteiger partial charge in [-0.3, -0.25) is 9.59 Å². The Morgan fingerprint density at radius 3 is 2.46 bits per heavy atom. The number of ether oxygens (including phenoxy) is 4. The van der Waals surface area contributed by atoms with E-state index in [1.807, 2.05) is 57.2 Å². The van der Waals surface area contributed by atoms with Gasteiger partial charge in [0.05, 0.1) is 27.2 Å². The first-order valence-corrected chi connectivity index (χ1v) is 18.7. The third-order valence-corrected chi connectivity index (χ3v) is 9.28. The van der Waals surface area contributed by atoms with Crippen LogP contribution in [0, 0.1) is 11.2 Å². The van der Waals surface area contributed by atoms with E-state index in [0.29, 0.717) is 52.1 Å². The van der Waals surface area contributed by atoms with Crippen molar-refractivity contribution in [3.05, 3.63) is 118 Å². The molecule has 5 rings (SSSR count). The maximum absolute atomic E-state index is 14.4. The Labute approximate surface area is 323 Å². The number of para-hydroxylation sites is 1. The van der Waals surface area contributed by atoms with Gasteiger partial charge in [0.2, 0.25) is 5.91 Å². The second-order valence-electron chi connectivity index (χ2n) is 14.6. The van der Waals surface area contributed by atoms with E-state index >= 15 is 0 Å². The number of hydrogen-bond donors (Lipinski definition) is 2. The summed E-state index contributed by atoms with van der Waals surface area (Å²) in [6.07, 6.45) is 0.430. The SMILES string of the molecule is COc1cccc(CCCNCCCOc2cccc(C3OC(CC(=O)NCc4ccccc4F)C(=O)N(CC(C)(C)C)c4ccc(Cl)cc43)c2OC)c1. The molecule has 0 fully saturated rings. The molecule has 0 aliphatic carbocycles. The second kappa shape index (κ2) is 19.1. The summed E-state index contributed by atoms with van der Waals surface area (Å²) in [7, 11) is 3.24. The third kappa shape index (κ3) is 11.0. The number of nitrogens with one attached hydrogen (secondary N) is 2. The highest BCUT2D eigenvalue weighted by Gasteiger charge is 2.40. The highest BCUT2D eigenvalue weighted by Crippen LogP contribution is 2.45. The molecule has 0 saturated heterocycles. The van der Waals surface area contributed by atoms with Crippen LogP contribution in [0.3, 0.4) is 0 Å². The number of halogens is 2. The summed E-state index contributed by atoms with van der Waals surface area (Å²) in [5.74, 6) is 0.620. The van der Waals surface area contributed by atoms with Crippen molar-refractivity contribution >= 4 is 29.1 Å². The van der Waals surface area contributed by atoms with Crippen molar-refractivity contribution in [2.24, 2.45) is 5.41 Å². The number of anilines is 1. The number of aryl methyl sites for hydroxylation is 1. The number of fused-ring (bicyclic) bond motifs is 1. The zero-order valence-electron chi connectivity index (χ0n) is 31.8. The van der Waals surface area contributed by atoms with E-state index in [9.17, 15) is 14.0 Å². The predicted molar refractivity (Wildman–Crippen MR) is 210 cm³/mol. The van der Waals surface area contributed by atoms with Crippen LogP contribution >= 0.6 is 11.6 Å². The second-order valence-corrected chi connectivity index (χ2v) is 15.0. The van der Waals surface area contributed by atoms with Crippen LogP contribution in [0.1, 0.15) is 68.4 Å². The Morgan fingerprint density at radius 1 is 0.926 bits per heavy atom. The Morgan fingerprint density at radius 2 is 1.70 bits per heavy atom. The minimum absolute atomic E-state index is 0.0244. The van der Waals surface area contributed by atoms with Gasteiger partial charge in [-0.15, -0.1) is 0 Å². The van der Waals surface area contributed by atoms with Crippen molar-refractivity contribution in [2.75, 3.05) is 45.4 Å². The highest BCUT2D eigenvalue weighted by molar-refractivity contribution is 6.30. The van der Waals surface area contributed by atoms with Gasteiger partial charge in [-0.25, -0.2) is 4.39 Å². The summed E-state index contributed by atoms with van der Waals surface area (Å²) in [5, 5.41) is 6.71. The molecule has 1 heterocycles. The summed E-state index contributed by atoms with van der Waals surface area (Å²) in [4.78, 5) is 29.4. The van der Waals surface area contributed by atoms with Crippen molar-refractivity contribution in [2.45, 2.75) is 65.2 Å². The minimum Gasteiger partial charge on any atom is -0.497 e. The van der Waals surface area contributed by atoms with Gasteiger partial charge in [-0.05, 0) is 85.8 Å². The molecule has 0 bridgehead atoms. The number of benzene rings is 4. The van der Waals surface area contributed by atoms with Crippen molar-refractivity contribution in [3.8, 4) is 17.2 Å². The van der Waals surface area contributed by atoms with Crippen molar-refractivity contribution in [3.63, 3.8) is 0 Å². The standard InChI is InChI=1S/C43H51ClFN3O6/c1-43(2,3)28-48-36-20-19-31(44)25-34(36)40(54-38(42(48)50)26-39(49)47-27-30-14-6-7-17-35(30)45)33-16-9-18-37(41(33)52-5)53-23-11-22-46-21-10-13-29-12-8-15-32(24-29)51-4/h6-9,12,14-20,24-25,38,40,46H,10-11,13,21-23,26-28H2,1-5H3,(H,47,49). The number of methoxy groups -OCH3 is 2. The zero-order valence-corrected chi connectivity index (χ0v) is 32.5. The zero-order chi connectivity index (χ0) is 38.7. The average molecular weight is 760 g/mol. The number of rotatable bonds is 17. The van der Waals surface area contributed by atoms with Gasteiger partial charge in [-0.2, -0.15) is 0 Å². The molecule has 2 atom stereocenters. The fraction of sp³-hybridized carbons (Fsp3) is 0.395. The third-order valence-electron chi connectivity index (χ3n) is 9.05. The Kier molecular flexibility index (Phi) is 14.3. The van der Waals surface area contributed by atoms with E-state index in [1.54, 1.807) is 49.5 Å². The molecule has 2 amide bonds. The largest absolute Gasteiger partial charge is 0.497 e. The van der Waals surface area contributed by atoms with Crippen LogP contribution in [0.15, 0.2) is 84.9 Å². The Hall–Kier alpha value is -4.64. The quantitative estimate of drug-likeness (QED) is 0.105. The molecule has 0 spiro atoms. The van der Waals surface area contributed by atoms with Crippen LogP contribution in [0.2, 0.25) is 5.02 Å². The molecule has 54 heavy (non-hydrogen) atoms. The lowest BCUT2D eigenvalue weighted by molar-refractivity contribution is -0.138. The summed E-state index contributed by atoms with van der Waals surface area (Å²) in [6, 6.07) is 25.3. The maximum Gasteiger partial charge on any atom is 0.256 e. The van der Waals surface area contributed by atoms with Gasteiger partial charge in [0.1, 0.15) is 23.8 Å². The van der Waals surface area contributed by atoms with Crippen LogP contribution in [0.25, 0.3) is 0 Å². The number of carbonyl (C=O) groups excluding carboxylic acids is 2. The van der Waals surface area contributed by atoms with Gasteiger partial charge in [0.15, 0.2) is 11.5 Å². The Bertz CT molecular complexity index is 1880. The van der Waals surface area contributed by atoms with Crippen LogP contribution in [-0.2, 0) is 27.3 Å². The molecule has 0 radical (unpaired) electrons. The van der Waals surface area contributed by atoms with E-state index in [-0.39, 0.29) is 24.3 Å². The van der Waals surface area contributed by atoms with Crippen molar-refractivity contribution < 1.29 is 32.9 Å². The Balaban J connectivity index is 1.32. The summed E-state index contributed by atoms with van der Waals surface area (Å²) in [5.41, 5.74) is 3.20. The van der Waals surface area contributed by atoms with E-state index < -0.39 is 23.9 Å². The molecule has 2 unspecified atom stereocenters. The van der Waals surface area contributed by atoms with Crippen LogP contribution in [0.5, 0.6) is 17.2 Å². The molecular formula is C43H51ClFN3O6. The van der Waals surface area contributed by atoms with E-state index in [4.69, 9.17) is 30.5 Å². The lowest BCUT2D eigenvalue weighted by Gasteiger charge is -2.31. The average Bonchev–Trinajstić information content (AvgIpc) is 3.25. The highest BCUT2D eigenvalue weighted by atomic mass is 35.5. The predicted octanol–water partition coefficient (Wildman–Crippen LogP) is 8.06. The molecule has 1 aliphatic rings. The number of amides is 2. The molecule has 9 nitrogen and oxygen atoms in total. The lowest BCUT2D eigenvalue weighted by atomic mass is 9.94. The molecule has 4 aromatic carbocycles. The first kappa shape index (κ1) is 40.5. The van der Waals surface area contributed by atoms with Crippen LogP contribution in [-0.4, -0.2) is 58.4 Å². The van der Waals surface area contributed by atoms with Crippen LogP contribution in [0.4, 0.5) is 10.1 Å². The topological polar surface area (TPSA) is 98.4 Å². The first-order chi connectivity index (χ1) is 26.0. The normalized spacial score (nSPS) is 15.7. The molecule has 0 aromatic heterocycles. The molecule has 288 valence electrons. The summed E-state index contributed by atoms with van der Waals surface area (Å²) < 4.78 is 38.5. The smallest absolute Gasteiger partial charge is 0.256 e. The van der Waals surface area contributed by atoms with Gasteiger partial charge in [-0.1, -0.05) is 74.8 Å². The van der Waals surface area contributed by atoms with E-state index in [0.717, 1.165) is 38.1 Å². The molecule has 11 heteroatoms. The van der Waals surface area contributed by atoms with E-state index in [2.05, 4.69) is 22.8 Å². The van der Waals surface area contributed by atoms with E-state index in [1.165, 1.54) is 11.6 Å². The molecule has 2 N–H and O–H groups in total. The lowest BCUT2D eigenvalue weighted by Crippen LogP contribution is -2.45. The monoisotopic (exact) mass is 759 g/mol. The number of nitrogens with zero attached hydrogens (tertiary/aromatic N) is 1. The first-order valence-electron chi connectivity index (χ1n) is 18.4. The maximum atomic E-state index is 14.4. The van der Waals surface area contributed by atoms with Crippen LogP contribution < -0.4 is 29.7 Å². The number of carbonyl (C=O) groups is 2. The fourth-order valence-corrected chi connectivity index (χ4v) is 6.66. The summed E-state index contributed by atoms with van der Waals surface area (Å²) >= 11 is 6.59. The van der Waals surface area contributed by atoms with Gasteiger partial charge in [0.25, 0.3) is 5.91 Å². The molecular weight excluding hydrogens is 709 g/mol. The minimum atomic E-state index is -1.17. The van der Waals surface area contributed by atoms with Crippen molar-refractivity contribution in [1.82, 2.24) is 10.6 Å². The number of hydrogen-bond acceptors (Lipinski definition) is 7. The van der Waals surface area contributed by atoms with Gasteiger partial charge in [0, 0.05) is 40.5 Å². The molecule has 1 aliphatic heterocycles. The summed E-state index contributed by atoms with van der Waals surface area (Å²) in [6.45, 7) is 8.56. The molecule has 0 saturated carbocycles. The molecule has 4 aromatic rings. The fourth-order valence-electron chi connectivity index (χ4n) is 6.48.